The van der Waals surface area contributed by atoms with Crippen molar-refractivity contribution in [1.29, 1.82) is 0 Å². The van der Waals surface area contributed by atoms with Gasteiger partial charge in [0.05, 0.1) is 0 Å². The molecule has 0 radical (unpaired) electrons. The Kier molecular flexibility index (Phi) is 2.38. The van der Waals surface area contributed by atoms with Gasteiger partial charge < -0.3 is 0 Å². The number of allylic oxidation sites excluding steroid dienone is 5. The Balaban J connectivity index is 2.72. The van der Waals surface area contributed by atoms with Crippen LogP contribution >= 0.6 is 0 Å². The van der Waals surface area contributed by atoms with Crippen LogP contribution in [-0.2, 0) is 0 Å². The van der Waals surface area contributed by atoms with Crippen molar-refractivity contribution in [3.05, 3.63) is 65.8 Å². The molecule has 1 aromatic rings. The number of carbonyl (C=O) groups excluding carboxylic acids is 1. The smallest absolute Gasteiger partial charge is 0.193 e. The van der Waals surface area contributed by atoms with Crippen molar-refractivity contribution in [1.82, 2.24) is 0 Å². The van der Waals surface area contributed by atoms with E-state index in [0.29, 0.717) is 0 Å². The molecular formula is C14H12O. The fourth-order valence-electron chi connectivity index (χ4n) is 1.91. The number of rotatable bonds is 1. The van der Waals surface area contributed by atoms with Crippen LogP contribution in [0.3, 0.4) is 0 Å². The lowest BCUT2D eigenvalue weighted by atomic mass is 10.0. The summed E-state index contributed by atoms with van der Waals surface area (Å²) in [5.41, 5.74) is 3.55. The lowest BCUT2D eigenvalue weighted by molar-refractivity contribution is 0.104. The molecule has 0 heterocycles. The maximum Gasteiger partial charge on any atom is 0.193 e. The lowest BCUT2D eigenvalue weighted by Gasteiger charge is -1.98. The third-order valence-electron chi connectivity index (χ3n) is 2.57. The molecule has 0 saturated heterocycles. The summed E-state index contributed by atoms with van der Waals surface area (Å²) < 4.78 is 0. The van der Waals surface area contributed by atoms with E-state index in [-0.39, 0.29) is 5.78 Å². The van der Waals surface area contributed by atoms with Crippen molar-refractivity contribution in [3.8, 4) is 0 Å². The highest BCUT2D eigenvalue weighted by Crippen LogP contribution is 2.36. The molecule has 1 aliphatic carbocycles. The van der Waals surface area contributed by atoms with E-state index in [2.05, 4.69) is 6.58 Å². The van der Waals surface area contributed by atoms with Crippen molar-refractivity contribution < 1.29 is 4.79 Å². The zero-order chi connectivity index (χ0) is 10.8. The molecule has 1 nitrogen and oxygen atoms in total. The summed E-state index contributed by atoms with van der Waals surface area (Å²) in [5.74, 6) is 0.112. The van der Waals surface area contributed by atoms with Gasteiger partial charge in [-0.15, -0.1) is 0 Å². The number of hydrogen-bond acceptors (Lipinski definition) is 1. The van der Waals surface area contributed by atoms with Gasteiger partial charge in [-0.1, -0.05) is 49.1 Å². The van der Waals surface area contributed by atoms with E-state index in [1.807, 2.05) is 43.3 Å². The number of Topliss-reactive ketones (excluding diaryl/α,β-unsaturated/α-hetero) is 1. The monoisotopic (exact) mass is 196 g/mol. The van der Waals surface area contributed by atoms with Crippen molar-refractivity contribution in [2.24, 2.45) is 0 Å². The Hall–Kier alpha value is -1.89. The van der Waals surface area contributed by atoms with Crippen LogP contribution in [0.25, 0.3) is 5.57 Å². The predicted octanol–water partition coefficient (Wildman–Crippen LogP) is 3.40. The van der Waals surface area contributed by atoms with Crippen LogP contribution in [0.15, 0.2) is 54.6 Å². The number of ketones is 1. The van der Waals surface area contributed by atoms with Gasteiger partial charge in [0.15, 0.2) is 5.78 Å². The first kappa shape index (κ1) is 9.66. The minimum Gasteiger partial charge on any atom is -0.289 e. The van der Waals surface area contributed by atoms with Gasteiger partial charge in [-0.3, -0.25) is 4.79 Å². The van der Waals surface area contributed by atoms with Crippen LogP contribution in [0.2, 0.25) is 0 Å². The van der Waals surface area contributed by atoms with Crippen LogP contribution in [0, 0.1) is 0 Å². The highest BCUT2D eigenvalue weighted by Gasteiger charge is 2.27. The van der Waals surface area contributed by atoms with E-state index in [1.165, 1.54) is 0 Å². The van der Waals surface area contributed by atoms with Gasteiger partial charge in [-0.25, -0.2) is 0 Å². The van der Waals surface area contributed by atoms with Crippen LogP contribution in [0.5, 0.6) is 0 Å². The molecule has 0 saturated carbocycles. The van der Waals surface area contributed by atoms with Crippen LogP contribution < -0.4 is 0 Å². The van der Waals surface area contributed by atoms with E-state index in [9.17, 15) is 4.79 Å². The predicted molar refractivity (Wildman–Crippen MR) is 62.7 cm³/mol. The van der Waals surface area contributed by atoms with Gasteiger partial charge in [0.25, 0.3) is 0 Å². The number of carbonyl (C=O) groups is 1. The zero-order valence-electron chi connectivity index (χ0n) is 8.66. The van der Waals surface area contributed by atoms with Gasteiger partial charge in [0, 0.05) is 11.1 Å². The molecule has 1 heteroatoms. The maximum atomic E-state index is 12.0. The van der Waals surface area contributed by atoms with Crippen molar-refractivity contribution in [3.63, 3.8) is 0 Å². The van der Waals surface area contributed by atoms with Crippen molar-refractivity contribution in [2.75, 3.05) is 0 Å². The number of hydrogen-bond donors (Lipinski definition) is 0. The van der Waals surface area contributed by atoms with E-state index in [0.717, 1.165) is 22.3 Å². The fraction of sp³-hybridized carbons (Fsp3) is 0.0714. The van der Waals surface area contributed by atoms with Gasteiger partial charge >= 0.3 is 0 Å². The molecule has 0 unspecified atom stereocenters. The van der Waals surface area contributed by atoms with Gasteiger partial charge in [0.2, 0.25) is 0 Å². The molecule has 0 amide bonds. The minimum absolute atomic E-state index is 0.112. The van der Waals surface area contributed by atoms with Gasteiger partial charge in [0.1, 0.15) is 0 Å². The summed E-state index contributed by atoms with van der Waals surface area (Å²) in [5, 5.41) is 0. The highest BCUT2D eigenvalue weighted by molar-refractivity contribution is 6.26. The summed E-state index contributed by atoms with van der Waals surface area (Å²) in [6.45, 7) is 5.56. The molecule has 0 fully saturated rings. The average molecular weight is 196 g/mol. The number of benzene rings is 1. The second-order valence-electron chi connectivity index (χ2n) is 3.39. The second-order valence-corrected chi connectivity index (χ2v) is 3.39. The average Bonchev–Trinajstić information content (AvgIpc) is 2.54. The Morgan fingerprint density at radius 1 is 1.13 bits per heavy atom. The first-order valence-electron chi connectivity index (χ1n) is 4.93. The molecule has 1 aromatic carbocycles. The Labute approximate surface area is 89.4 Å². The Morgan fingerprint density at radius 2 is 1.80 bits per heavy atom. The molecule has 74 valence electrons. The molecule has 0 bridgehead atoms. The summed E-state index contributed by atoms with van der Waals surface area (Å²) in [6, 6.07) is 7.67. The topological polar surface area (TPSA) is 17.1 Å². The summed E-state index contributed by atoms with van der Waals surface area (Å²) >= 11 is 0. The molecule has 0 aliphatic heterocycles. The normalized spacial score (nSPS) is 19.7. The standard InChI is InChI=1S/C14H12O/c1-3-7-11-10(4-2)14(15)13-9-6-5-8-12(11)13/h3-9H,1H2,2H3/b10-4+,11-7+. The van der Waals surface area contributed by atoms with E-state index < -0.39 is 0 Å². The van der Waals surface area contributed by atoms with Crippen LogP contribution in [0.4, 0.5) is 0 Å². The lowest BCUT2D eigenvalue weighted by Crippen LogP contribution is -1.93. The molecule has 0 spiro atoms. The zero-order valence-corrected chi connectivity index (χ0v) is 8.66. The third-order valence-corrected chi connectivity index (χ3v) is 2.57. The minimum atomic E-state index is 0.112. The Morgan fingerprint density at radius 3 is 2.40 bits per heavy atom. The summed E-state index contributed by atoms with van der Waals surface area (Å²) in [7, 11) is 0. The van der Waals surface area contributed by atoms with Gasteiger partial charge in [-0.05, 0) is 18.1 Å². The highest BCUT2D eigenvalue weighted by atomic mass is 16.1. The molecule has 0 N–H and O–H groups in total. The Bertz CT molecular complexity index is 490. The number of fused-ring (bicyclic) bond motifs is 1. The van der Waals surface area contributed by atoms with Gasteiger partial charge in [-0.2, -0.15) is 0 Å². The van der Waals surface area contributed by atoms with Crippen molar-refractivity contribution >= 4 is 11.4 Å². The molecule has 15 heavy (non-hydrogen) atoms. The first-order valence-corrected chi connectivity index (χ1v) is 4.93. The van der Waals surface area contributed by atoms with E-state index in [1.54, 1.807) is 6.08 Å². The summed E-state index contributed by atoms with van der Waals surface area (Å²) in [4.78, 5) is 12.0. The molecule has 2 rings (SSSR count). The van der Waals surface area contributed by atoms with Crippen LogP contribution in [-0.4, -0.2) is 5.78 Å². The molecular weight excluding hydrogens is 184 g/mol. The van der Waals surface area contributed by atoms with E-state index >= 15 is 0 Å². The quantitative estimate of drug-likeness (QED) is 0.629. The van der Waals surface area contributed by atoms with Crippen molar-refractivity contribution in [2.45, 2.75) is 6.92 Å². The fourth-order valence-corrected chi connectivity index (χ4v) is 1.91. The first-order chi connectivity index (χ1) is 7.29. The molecule has 0 atom stereocenters. The summed E-state index contributed by atoms with van der Waals surface area (Å²) in [6.07, 6.45) is 5.46. The third kappa shape index (κ3) is 1.37. The molecule has 0 aromatic heterocycles. The van der Waals surface area contributed by atoms with E-state index in [4.69, 9.17) is 0 Å². The largest absolute Gasteiger partial charge is 0.289 e. The SMILES string of the molecule is C=C/C=C1\C(=C/C)C(=O)c2ccccc21. The molecule has 1 aliphatic rings. The van der Waals surface area contributed by atoms with Crippen LogP contribution in [0.1, 0.15) is 22.8 Å². The second kappa shape index (κ2) is 3.70. The maximum absolute atomic E-state index is 12.0.